The van der Waals surface area contributed by atoms with E-state index < -0.39 is 17.6 Å². The first-order chi connectivity index (χ1) is 20.5. The van der Waals surface area contributed by atoms with Crippen molar-refractivity contribution in [2.24, 2.45) is 5.92 Å². The highest BCUT2D eigenvalue weighted by molar-refractivity contribution is 5.96. The van der Waals surface area contributed by atoms with Crippen LogP contribution >= 0.6 is 0 Å². The molecule has 9 heteroatoms. The lowest BCUT2D eigenvalue weighted by atomic mass is 9.77. The van der Waals surface area contributed by atoms with Gasteiger partial charge in [0.2, 0.25) is 0 Å². The number of aromatic nitrogens is 1. The van der Waals surface area contributed by atoms with Crippen molar-refractivity contribution >= 4 is 5.78 Å². The molecular weight excluding hydrogens is 556 g/mol. The molecule has 0 spiro atoms. The Kier molecular flexibility index (Phi) is 8.77. The Morgan fingerprint density at radius 3 is 2.63 bits per heavy atom. The van der Waals surface area contributed by atoms with Crippen molar-refractivity contribution in [3.05, 3.63) is 70.7 Å². The summed E-state index contributed by atoms with van der Waals surface area (Å²) < 4.78 is 45.7. The van der Waals surface area contributed by atoms with E-state index in [0.29, 0.717) is 46.4 Å². The van der Waals surface area contributed by atoms with E-state index in [1.165, 1.54) is 26.2 Å². The minimum atomic E-state index is -1.51. The largest absolute Gasteiger partial charge is 0.493 e. The molecule has 43 heavy (non-hydrogen) atoms. The Balaban J connectivity index is 1.52. The lowest BCUT2D eigenvalue weighted by Crippen LogP contribution is -2.33. The van der Waals surface area contributed by atoms with Crippen molar-refractivity contribution in [3.8, 4) is 28.5 Å². The highest BCUT2D eigenvalue weighted by Gasteiger charge is 2.47. The Morgan fingerprint density at radius 1 is 1.19 bits per heavy atom. The van der Waals surface area contributed by atoms with Crippen molar-refractivity contribution in [3.63, 3.8) is 0 Å². The molecule has 2 atom stereocenters. The van der Waals surface area contributed by atoms with Gasteiger partial charge in [-0.2, -0.15) is 0 Å². The van der Waals surface area contributed by atoms with Crippen molar-refractivity contribution in [1.82, 2.24) is 4.98 Å². The molecule has 1 aliphatic carbocycles. The van der Waals surface area contributed by atoms with Crippen LogP contribution in [0.25, 0.3) is 11.3 Å². The van der Waals surface area contributed by atoms with E-state index in [1.807, 2.05) is 6.07 Å². The van der Waals surface area contributed by atoms with Gasteiger partial charge in [0.25, 0.3) is 0 Å². The maximum Gasteiger partial charge on any atom is 0.163 e. The van der Waals surface area contributed by atoms with Gasteiger partial charge in [-0.15, -0.1) is 0 Å². The van der Waals surface area contributed by atoms with Gasteiger partial charge in [0.15, 0.2) is 17.3 Å². The van der Waals surface area contributed by atoms with Gasteiger partial charge in [0.05, 0.1) is 26.0 Å². The second-order valence-electron chi connectivity index (χ2n) is 12.1. The molecule has 0 bridgehead atoms. The van der Waals surface area contributed by atoms with Gasteiger partial charge >= 0.3 is 0 Å². The summed E-state index contributed by atoms with van der Waals surface area (Å²) in [5.41, 5.74) is 0.882. The number of ether oxygens (including phenoxy) is 3. The average Bonchev–Trinajstić information content (AvgIpc) is 3.84. The lowest BCUT2D eigenvalue weighted by Gasteiger charge is -2.36. The molecule has 1 aromatic heterocycles. The molecule has 2 heterocycles. The van der Waals surface area contributed by atoms with Crippen LogP contribution in [0.2, 0.25) is 0 Å². The first-order valence-corrected chi connectivity index (χ1v) is 14.8. The molecule has 7 nitrogen and oxygen atoms in total. The van der Waals surface area contributed by atoms with Crippen LogP contribution in [0.5, 0.6) is 17.2 Å². The highest BCUT2D eigenvalue weighted by atomic mass is 19.1. The first-order valence-electron chi connectivity index (χ1n) is 14.8. The first kappa shape index (κ1) is 30.9. The van der Waals surface area contributed by atoms with E-state index in [0.717, 1.165) is 24.8 Å². The molecule has 0 saturated heterocycles. The summed E-state index contributed by atoms with van der Waals surface area (Å²) in [6.07, 6.45) is 1.02. The number of fused-ring (bicyclic) bond motifs is 1. The molecule has 5 rings (SSSR count). The number of Topliss-reactive ketones (excluding diaryl/α,β-unsaturated/α-hetero) is 1. The van der Waals surface area contributed by atoms with Crippen LogP contribution in [0.1, 0.15) is 86.2 Å². The van der Waals surface area contributed by atoms with Gasteiger partial charge in [-0.25, -0.2) is 13.8 Å². The predicted octanol–water partition coefficient (Wildman–Crippen LogP) is 6.62. The Morgan fingerprint density at radius 2 is 1.95 bits per heavy atom. The van der Waals surface area contributed by atoms with Crippen LogP contribution in [-0.2, 0) is 11.0 Å². The Labute approximate surface area is 250 Å². The number of alkyl halides is 1. The molecule has 1 fully saturated rings. The van der Waals surface area contributed by atoms with Crippen LogP contribution in [0, 0.1) is 11.7 Å². The normalized spacial score (nSPS) is 17.8. The molecule has 3 aromatic rings. The van der Waals surface area contributed by atoms with Crippen LogP contribution < -0.4 is 14.2 Å². The number of ketones is 1. The maximum atomic E-state index is 14.4. The molecule has 2 N–H and O–H groups in total. The number of methoxy groups -OCH3 is 1. The van der Waals surface area contributed by atoms with E-state index in [2.05, 4.69) is 13.8 Å². The fraction of sp³-hybridized carbons (Fsp3) is 0.471. The van der Waals surface area contributed by atoms with Crippen molar-refractivity contribution in [2.75, 3.05) is 26.9 Å². The van der Waals surface area contributed by atoms with Crippen molar-refractivity contribution in [2.45, 2.75) is 70.1 Å². The number of carbonyl (C=O) groups excluding carboxylic acids is 1. The van der Waals surface area contributed by atoms with Gasteiger partial charge in [-0.1, -0.05) is 13.8 Å². The van der Waals surface area contributed by atoms with E-state index in [-0.39, 0.29) is 48.7 Å². The molecule has 0 amide bonds. The molecule has 2 aliphatic rings. The summed E-state index contributed by atoms with van der Waals surface area (Å²) in [5, 5.41) is 21.3. The second-order valence-corrected chi connectivity index (χ2v) is 12.1. The third-order valence-corrected chi connectivity index (χ3v) is 8.64. The van der Waals surface area contributed by atoms with Crippen molar-refractivity contribution in [1.29, 1.82) is 0 Å². The number of hydrogen-bond donors (Lipinski definition) is 2. The number of benzene rings is 2. The molecule has 1 aliphatic heterocycles. The molecule has 0 radical (unpaired) electrons. The van der Waals surface area contributed by atoms with Gasteiger partial charge in [0.1, 0.15) is 35.6 Å². The molecule has 2 aromatic carbocycles. The highest BCUT2D eigenvalue weighted by Crippen LogP contribution is 2.51. The number of rotatable bonds is 12. The van der Waals surface area contributed by atoms with E-state index in [4.69, 9.17) is 24.3 Å². The summed E-state index contributed by atoms with van der Waals surface area (Å²) >= 11 is 0. The van der Waals surface area contributed by atoms with Crippen LogP contribution in [0.15, 0.2) is 42.5 Å². The zero-order valence-electron chi connectivity index (χ0n) is 25.1. The van der Waals surface area contributed by atoms with Crippen LogP contribution in [-0.4, -0.2) is 47.9 Å². The second kappa shape index (κ2) is 12.2. The van der Waals surface area contributed by atoms with Crippen LogP contribution in [0.4, 0.5) is 8.78 Å². The molecular formula is C34H39F2NO6. The minimum Gasteiger partial charge on any atom is -0.493 e. The standard InChI is InChI=1S/C34H39F2NO6/c1-20(35)24-17-22(5-9-26(24)36)31-32-25(33(2,3)13-15-43-32)19-30(37-31)34(40,23-7-8-23)12-11-27(39)21-6-10-28(42-16-14-38)29(18-21)41-4/h5-6,9-10,17-20,23,38,40H,7-8,11-16H2,1-4H3. The topological polar surface area (TPSA) is 98.1 Å². The molecule has 230 valence electrons. The smallest absolute Gasteiger partial charge is 0.163 e. The number of aliphatic hydroxyl groups is 2. The minimum absolute atomic E-state index is 0.0566. The summed E-state index contributed by atoms with van der Waals surface area (Å²) in [6, 6.07) is 11.0. The summed E-state index contributed by atoms with van der Waals surface area (Å²) in [7, 11) is 1.48. The number of pyridine rings is 1. The van der Waals surface area contributed by atoms with Gasteiger partial charge in [0, 0.05) is 28.7 Å². The fourth-order valence-corrected chi connectivity index (χ4v) is 5.80. The summed E-state index contributed by atoms with van der Waals surface area (Å²) in [5.74, 6) is 0.458. The molecule has 2 unspecified atom stereocenters. The number of nitrogens with zero attached hydrogens (tertiary/aromatic N) is 1. The summed E-state index contributed by atoms with van der Waals surface area (Å²) in [6.45, 7) is 5.90. The monoisotopic (exact) mass is 595 g/mol. The molecule has 1 saturated carbocycles. The van der Waals surface area contributed by atoms with Crippen LogP contribution in [0.3, 0.4) is 0 Å². The third kappa shape index (κ3) is 6.24. The quantitative estimate of drug-likeness (QED) is 0.227. The van der Waals surface area contributed by atoms with Gasteiger partial charge in [-0.05, 0) is 86.4 Å². The average molecular weight is 596 g/mol. The number of halogens is 2. The zero-order chi connectivity index (χ0) is 30.9. The van der Waals surface area contributed by atoms with E-state index >= 15 is 0 Å². The van der Waals surface area contributed by atoms with E-state index in [9.17, 15) is 18.7 Å². The third-order valence-electron chi connectivity index (χ3n) is 8.64. The predicted molar refractivity (Wildman–Crippen MR) is 158 cm³/mol. The zero-order valence-corrected chi connectivity index (χ0v) is 25.1. The van der Waals surface area contributed by atoms with Gasteiger partial charge in [-0.3, -0.25) is 4.79 Å². The Hall–Kier alpha value is -3.56. The maximum absolute atomic E-state index is 14.4. The fourth-order valence-electron chi connectivity index (χ4n) is 5.80. The summed E-state index contributed by atoms with van der Waals surface area (Å²) in [4.78, 5) is 18.3. The Bertz CT molecular complexity index is 1500. The number of hydrogen-bond acceptors (Lipinski definition) is 7. The van der Waals surface area contributed by atoms with Gasteiger partial charge < -0.3 is 24.4 Å². The lowest BCUT2D eigenvalue weighted by molar-refractivity contribution is -0.00137. The SMILES string of the molecule is COc1cc(C(=O)CCC(O)(c2cc3c(c(-c4ccc(F)c(C(C)F)c4)n2)OCCC3(C)C)C2CC2)ccc1OCCO. The number of aliphatic hydroxyl groups excluding tert-OH is 1. The number of carbonyl (C=O) groups is 1. The van der Waals surface area contributed by atoms with Crippen molar-refractivity contribution < 1.29 is 38.0 Å². The van der Waals surface area contributed by atoms with E-state index in [1.54, 1.807) is 24.3 Å².